The number of nitrogen functional groups attached to an aromatic ring is 1. The summed E-state index contributed by atoms with van der Waals surface area (Å²) in [5.74, 6) is 1.24. The largest absolute Gasteiger partial charge is 0.399 e. The number of anilines is 1. The first kappa shape index (κ1) is 12.2. The number of hydrogen-bond donors (Lipinski definition) is 2. The van der Waals surface area contributed by atoms with E-state index in [9.17, 15) is 4.39 Å². The molecule has 1 aromatic rings. The zero-order chi connectivity index (χ0) is 12.4. The van der Waals surface area contributed by atoms with Crippen LogP contribution in [0.5, 0.6) is 0 Å². The van der Waals surface area contributed by atoms with Crippen LogP contribution in [0.15, 0.2) is 23.2 Å². The number of nitrogens with zero attached hydrogens (tertiary/aromatic N) is 1. The second kappa shape index (κ2) is 4.96. The van der Waals surface area contributed by atoms with Crippen LogP contribution in [0.4, 0.5) is 10.1 Å². The van der Waals surface area contributed by atoms with Crippen molar-refractivity contribution in [1.29, 1.82) is 0 Å². The van der Waals surface area contributed by atoms with Crippen LogP contribution in [0.2, 0.25) is 0 Å². The van der Waals surface area contributed by atoms with Crippen molar-refractivity contribution < 1.29 is 4.39 Å². The van der Waals surface area contributed by atoms with Crippen LogP contribution in [-0.4, -0.2) is 16.8 Å². The summed E-state index contributed by atoms with van der Waals surface area (Å²) < 4.78 is 13.7. The minimum absolute atomic E-state index is 0.198. The van der Waals surface area contributed by atoms with Gasteiger partial charge in [0.1, 0.15) is 11.7 Å². The molecular weight excluding hydrogens is 237 g/mol. The Balaban J connectivity index is 2.35. The molecule has 2 atom stereocenters. The van der Waals surface area contributed by atoms with Gasteiger partial charge in [-0.1, -0.05) is 0 Å². The Morgan fingerprint density at radius 1 is 1.41 bits per heavy atom. The van der Waals surface area contributed by atoms with Crippen molar-refractivity contribution >= 4 is 23.3 Å². The van der Waals surface area contributed by atoms with Gasteiger partial charge in [-0.05, 0) is 37.3 Å². The second-order valence-corrected chi connectivity index (χ2v) is 5.60. The molecule has 0 spiro atoms. The van der Waals surface area contributed by atoms with E-state index in [0.717, 1.165) is 12.2 Å². The number of halogens is 1. The quantitative estimate of drug-likeness (QED) is 0.755. The number of thioether (sulfide) groups is 1. The highest BCUT2D eigenvalue weighted by Gasteiger charge is 2.21. The molecule has 0 aromatic heterocycles. The normalized spacial score (nSPS) is 25.2. The summed E-state index contributed by atoms with van der Waals surface area (Å²) in [6, 6.07) is 4.38. The van der Waals surface area contributed by atoms with Gasteiger partial charge in [-0.25, -0.2) is 4.39 Å². The number of amidine groups is 1. The van der Waals surface area contributed by atoms with E-state index in [0.29, 0.717) is 17.1 Å². The van der Waals surface area contributed by atoms with E-state index in [4.69, 9.17) is 11.5 Å². The van der Waals surface area contributed by atoms with Gasteiger partial charge in [0.2, 0.25) is 0 Å². The minimum atomic E-state index is -0.264. The highest BCUT2D eigenvalue weighted by molar-refractivity contribution is 8.00. The molecule has 1 aliphatic rings. The molecule has 0 fully saturated rings. The Morgan fingerprint density at radius 3 is 2.94 bits per heavy atom. The monoisotopic (exact) mass is 253 g/mol. The highest BCUT2D eigenvalue weighted by atomic mass is 32.2. The van der Waals surface area contributed by atoms with Gasteiger partial charge in [0.15, 0.2) is 0 Å². The predicted molar refractivity (Wildman–Crippen MR) is 71.7 cm³/mol. The molecule has 17 heavy (non-hydrogen) atoms. The number of nitrogens with two attached hydrogens (primary N) is 2. The summed E-state index contributed by atoms with van der Waals surface area (Å²) in [5.41, 5.74) is 12.7. The first-order valence-electron chi connectivity index (χ1n) is 5.57. The zero-order valence-electron chi connectivity index (χ0n) is 9.69. The summed E-state index contributed by atoms with van der Waals surface area (Å²) in [7, 11) is 0. The van der Waals surface area contributed by atoms with Crippen LogP contribution < -0.4 is 11.5 Å². The highest BCUT2D eigenvalue weighted by Crippen LogP contribution is 2.31. The molecule has 1 heterocycles. The SMILES string of the molecule is CC1SCCC(c2cc(N)ccc2F)N=C1N. The number of hydrogen-bond acceptors (Lipinski definition) is 4. The van der Waals surface area contributed by atoms with Crippen LogP contribution in [0, 0.1) is 5.82 Å². The molecule has 2 rings (SSSR count). The maximum absolute atomic E-state index is 13.7. The Hall–Kier alpha value is -1.23. The lowest BCUT2D eigenvalue weighted by Crippen LogP contribution is -2.23. The Morgan fingerprint density at radius 2 is 2.18 bits per heavy atom. The molecule has 2 unspecified atom stereocenters. The van der Waals surface area contributed by atoms with E-state index >= 15 is 0 Å². The molecule has 0 amide bonds. The summed E-state index contributed by atoms with van der Waals surface area (Å²) in [5, 5.41) is 0.198. The summed E-state index contributed by atoms with van der Waals surface area (Å²) in [4.78, 5) is 4.41. The summed E-state index contributed by atoms with van der Waals surface area (Å²) in [6.45, 7) is 2.02. The van der Waals surface area contributed by atoms with Crippen LogP contribution in [0.1, 0.15) is 24.9 Å². The number of aliphatic imine (C=N–C) groups is 1. The molecule has 0 saturated carbocycles. The topological polar surface area (TPSA) is 64.4 Å². The number of benzene rings is 1. The third-order valence-corrected chi connectivity index (χ3v) is 4.07. The van der Waals surface area contributed by atoms with Crippen molar-refractivity contribution in [3.63, 3.8) is 0 Å². The number of rotatable bonds is 1. The Kier molecular flexibility index (Phi) is 3.57. The molecule has 0 saturated heterocycles. The van der Waals surface area contributed by atoms with Gasteiger partial charge in [-0.3, -0.25) is 4.99 Å². The summed E-state index contributed by atoms with van der Waals surface area (Å²) >= 11 is 1.75. The van der Waals surface area contributed by atoms with Crippen molar-refractivity contribution in [2.45, 2.75) is 24.6 Å². The standard InChI is InChI=1S/C12H16FN3S/c1-7-12(15)16-11(4-5-17-7)9-6-8(14)2-3-10(9)13/h2-3,6-7,11H,4-5,14H2,1H3,(H2,15,16). The van der Waals surface area contributed by atoms with Crippen LogP contribution >= 0.6 is 11.8 Å². The van der Waals surface area contributed by atoms with Gasteiger partial charge in [-0.15, -0.1) is 0 Å². The van der Waals surface area contributed by atoms with Crippen molar-refractivity contribution in [2.75, 3.05) is 11.5 Å². The van der Waals surface area contributed by atoms with Crippen LogP contribution in [0.3, 0.4) is 0 Å². The van der Waals surface area contributed by atoms with E-state index in [2.05, 4.69) is 4.99 Å². The molecule has 0 radical (unpaired) electrons. The van der Waals surface area contributed by atoms with E-state index in [1.165, 1.54) is 6.07 Å². The minimum Gasteiger partial charge on any atom is -0.399 e. The maximum Gasteiger partial charge on any atom is 0.128 e. The fraction of sp³-hybridized carbons (Fsp3) is 0.417. The van der Waals surface area contributed by atoms with Gasteiger partial charge in [0.05, 0.1) is 11.3 Å². The average molecular weight is 253 g/mol. The van der Waals surface area contributed by atoms with E-state index < -0.39 is 0 Å². The molecule has 1 aliphatic heterocycles. The predicted octanol–water partition coefficient (Wildman–Crippen LogP) is 2.33. The fourth-order valence-corrected chi connectivity index (χ4v) is 2.78. The molecule has 5 heteroatoms. The second-order valence-electron chi connectivity index (χ2n) is 4.15. The van der Waals surface area contributed by atoms with Crippen molar-refractivity contribution in [3.8, 4) is 0 Å². The maximum atomic E-state index is 13.7. The van der Waals surface area contributed by atoms with Crippen LogP contribution in [-0.2, 0) is 0 Å². The first-order valence-corrected chi connectivity index (χ1v) is 6.62. The zero-order valence-corrected chi connectivity index (χ0v) is 10.5. The van der Waals surface area contributed by atoms with Crippen LogP contribution in [0.25, 0.3) is 0 Å². The molecular formula is C12H16FN3S. The van der Waals surface area contributed by atoms with Gasteiger partial charge >= 0.3 is 0 Å². The van der Waals surface area contributed by atoms with Gasteiger partial charge in [0, 0.05) is 11.3 Å². The van der Waals surface area contributed by atoms with Crippen molar-refractivity contribution in [1.82, 2.24) is 0 Å². The Labute approximate surface area is 104 Å². The third kappa shape index (κ3) is 2.72. The lowest BCUT2D eigenvalue weighted by atomic mass is 10.0. The lowest BCUT2D eigenvalue weighted by Gasteiger charge is -2.12. The first-order chi connectivity index (χ1) is 8.08. The van der Waals surface area contributed by atoms with E-state index in [1.54, 1.807) is 23.9 Å². The third-order valence-electron chi connectivity index (χ3n) is 2.86. The smallest absolute Gasteiger partial charge is 0.128 e. The average Bonchev–Trinajstić information content (AvgIpc) is 2.45. The Bertz CT molecular complexity index is 447. The van der Waals surface area contributed by atoms with Crippen molar-refractivity contribution in [2.24, 2.45) is 10.7 Å². The molecule has 0 bridgehead atoms. The molecule has 4 N–H and O–H groups in total. The van der Waals surface area contributed by atoms with Gasteiger partial charge < -0.3 is 11.5 Å². The fourth-order valence-electron chi connectivity index (χ4n) is 1.83. The lowest BCUT2D eigenvalue weighted by molar-refractivity contribution is 0.578. The van der Waals surface area contributed by atoms with E-state index in [-0.39, 0.29) is 17.1 Å². The summed E-state index contributed by atoms with van der Waals surface area (Å²) in [6.07, 6.45) is 0.788. The van der Waals surface area contributed by atoms with Crippen molar-refractivity contribution in [3.05, 3.63) is 29.6 Å². The van der Waals surface area contributed by atoms with Gasteiger partial charge in [-0.2, -0.15) is 11.8 Å². The molecule has 0 aliphatic carbocycles. The molecule has 3 nitrogen and oxygen atoms in total. The molecule has 92 valence electrons. The van der Waals surface area contributed by atoms with Gasteiger partial charge in [0.25, 0.3) is 0 Å². The molecule has 1 aromatic carbocycles. The van der Waals surface area contributed by atoms with E-state index in [1.807, 2.05) is 6.92 Å².